The van der Waals surface area contributed by atoms with Crippen LogP contribution in [0.15, 0.2) is 22.8 Å². The predicted octanol–water partition coefficient (Wildman–Crippen LogP) is 3.55. The van der Waals surface area contributed by atoms with Gasteiger partial charge in [0.1, 0.15) is 9.29 Å². The van der Waals surface area contributed by atoms with Crippen molar-refractivity contribution in [2.24, 2.45) is 0 Å². The fourth-order valence-electron chi connectivity index (χ4n) is 0.684. The minimum Gasteiger partial charge on any atom is -0.468 e. The van der Waals surface area contributed by atoms with Crippen molar-refractivity contribution in [1.82, 2.24) is 0 Å². The molecule has 0 saturated carbocycles. The van der Waals surface area contributed by atoms with Crippen LogP contribution >= 0.6 is 35.7 Å². The van der Waals surface area contributed by atoms with Gasteiger partial charge in [-0.05, 0) is 17.9 Å². The standard InChI is InChI=1S/C8H10OS3/c1-2-11-8(10)12-6-7-4-3-5-9-7/h3-5H,2,6H2,1H3. The van der Waals surface area contributed by atoms with Gasteiger partial charge in [0, 0.05) is 0 Å². The highest BCUT2D eigenvalue weighted by atomic mass is 32.2. The molecule has 0 unspecified atom stereocenters. The van der Waals surface area contributed by atoms with Crippen molar-refractivity contribution in [3.05, 3.63) is 24.2 Å². The van der Waals surface area contributed by atoms with Crippen LogP contribution in [0.25, 0.3) is 0 Å². The smallest absolute Gasteiger partial charge is 0.114 e. The summed E-state index contributed by atoms with van der Waals surface area (Å²) in [6, 6.07) is 3.86. The molecule has 1 aromatic heterocycles. The minimum absolute atomic E-state index is 0.846. The van der Waals surface area contributed by atoms with Crippen LogP contribution in [0.4, 0.5) is 0 Å². The number of thioether (sulfide) groups is 2. The van der Waals surface area contributed by atoms with Gasteiger partial charge in [-0.15, -0.1) is 11.8 Å². The van der Waals surface area contributed by atoms with E-state index in [1.807, 2.05) is 12.1 Å². The van der Waals surface area contributed by atoms with Crippen LogP contribution in [-0.4, -0.2) is 9.28 Å². The van der Waals surface area contributed by atoms with E-state index in [4.69, 9.17) is 16.6 Å². The zero-order chi connectivity index (χ0) is 8.81. The van der Waals surface area contributed by atoms with Crippen molar-refractivity contribution < 1.29 is 4.42 Å². The van der Waals surface area contributed by atoms with Crippen molar-refractivity contribution >= 4 is 39.3 Å². The molecule has 12 heavy (non-hydrogen) atoms. The third-order valence-electron chi connectivity index (χ3n) is 1.17. The van der Waals surface area contributed by atoms with Gasteiger partial charge in [0.05, 0.1) is 12.0 Å². The molecule has 0 radical (unpaired) electrons. The van der Waals surface area contributed by atoms with Crippen LogP contribution in [0.5, 0.6) is 0 Å². The third kappa shape index (κ3) is 3.65. The number of furan rings is 1. The highest BCUT2D eigenvalue weighted by Gasteiger charge is 1.99. The fourth-order valence-corrected chi connectivity index (χ4v) is 2.74. The first-order chi connectivity index (χ1) is 5.83. The lowest BCUT2D eigenvalue weighted by molar-refractivity contribution is 0.530. The normalized spacial score (nSPS) is 10.1. The molecular weight excluding hydrogens is 208 g/mol. The summed E-state index contributed by atoms with van der Waals surface area (Å²) in [7, 11) is 0. The quantitative estimate of drug-likeness (QED) is 0.719. The maximum Gasteiger partial charge on any atom is 0.114 e. The molecule has 0 bridgehead atoms. The molecule has 0 amide bonds. The molecule has 0 aromatic carbocycles. The molecule has 66 valence electrons. The summed E-state index contributed by atoms with van der Waals surface area (Å²) in [6.45, 7) is 2.10. The average Bonchev–Trinajstić information content (AvgIpc) is 2.53. The van der Waals surface area contributed by atoms with Gasteiger partial charge in [0.2, 0.25) is 0 Å². The van der Waals surface area contributed by atoms with Crippen LogP contribution in [-0.2, 0) is 5.75 Å². The van der Waals surface area contributed by atoms with Crippen molar-refractivity contribution in [2.75, 3.05) is 5.75 Å². The number of rotatable bonds is 3. The van der Waals surface area contributed by atoms with Crippen LogP contribution < -0.4 is 0 Å². The fraction of sp³-hybridized carbons (Fsp3) is 0.375. The van der Waals surface area contributed by atoms with E-state index in [0.717, 1.165) is 20.8 Å². The molecule has 1 aromatic rings. The molecule has 0 saturated heterocycles. The molecule has 1 heterocycles. The Labute approximate surface area is 86.3 Å². The van der Waals surface area contributed by atoms with Crippen LogP contribution in [0, 0.1) is 0 Å². The Bertz CT molecular complexity index is 230. The lowest BCUT2D eigenvalue weighted by Crippen LogP contribution is -1.82. The van der Waals surface area contributed by atoms with Gasteiger partial charge in [-0.25, -0.2) is 0 Å². The lowest BCUT2D eigenvalue weighted by Gasteiger charge is -1.97. The van der Waals surface area contributed by atoms with Crippen molar-refractivity contribution in [1.29, 1.82) is 0 Å². The summed E-state index contributed by atoms with van der Waals surface area (Å²) in [5.74, 6) is 2.88. The number of hydrogen-bond acceptors (Lipinski definition) is 4. The Balaban J connectivity index is 2.22. The Kier molecular flexibility index (Phi) is 4.80. The second-order valence-electron chi connectivity index (χ2n) is 2.05. The Morgan fingerprint density at radius 2 is 2.42 bits per heavy atom. The Hall–Kier alpha value is 0.0700. The van der Waals surface area contributed by atoms with E-state index in [0.29, 0.717) is 0 Å². The van der Waals surface area contributed by atoms with E-state index < -0.39 is 0 Å². The van der Waals surface area contributed by atoms with Gasteiger partial charge in [-0.1, -0.05) is 30.9 Å². The highest BCUT2D eigenvalue weighted by molar-refractivity contribution is 8.46. The van der Waals surface area contributed by atoms with Gasteiger partial charge >= 0.3 is 0 Å². The van der Waals surface area contributed by atoms with Crippen molar-refractivity contribution in [3.63, 3.8) is 0 Å². The minimum atomic E-state index is 0.846. The first kappa shape index (κ1) is 10.2. The van der Waals surface area contributed by atoms with E-state index in [9.17, 15) is 0 Å². The first-order valence-corrected chi connectivity index (χ1v) is 6.02. The summed E-state index contributed by atoms with van der Waals surface area (Å²) in [6.07, 6.45) is 1.69. The second-order valence-corrected chi connectivity index (χ2v) is 5.49. The molecule has 0 atom stereocenters. The van der Waals surface area contributed by atoms with E-state index in [1.165, 1.54) is 0 Å². The van der Waals surface area contributed by atoms with E-state index in [1.54, 1.807) is 29.8 Å². The van der Waals surface area contributed by atoms with Crippen LogP contribution in [0.2, 0.25) is 0 Å². The van der Waals surface area contributed by atoms with E-state index >= 15 is 0 Å². The van der Waals surface area contributed by atoms with E-state index in [-0.39, 0.29) is 0 Å². The summed E-state index contributed by atoms with van der Waals surface area (Å²) in [5.41, 5.74) is 0. The average molecular weight is 218 g/mol. The van der Waals surface area contributed by atoms with Gasteiger partial charge < -0.3 is 4.42 Å². The number of thiocarbonyl (C=S) groups is 1. The zero-order valence-corrected chi connectivity index (χ0v) is 9.23. The zero-order valence-electron chi connectivity index (χ0n) is 6.78. The van der Waals surface area contributed by atoms with Gasteiger partial charge in [-0.2, -0.15) is 0 Å². The second kappa shape index (κ2) is 5.67. The maximum atomic E-state index is 5.17. The lowest BCUT2D eigenvalue weighted by atomic mass is 10.5. The van der Waals surface area contributed by atoms with Gasteiger partial charge in [-0.3, -0.25) is 0 Å². The van der Waals surface area contributed by atoms with Crippen molar-refractivity contribution in [3.8, 4) is 0 Å². The molecule has 0 spiro atoms. The Morgan fingerprint density at radius 3 is 3.00 bits per heavy atom. The highest BCUT2D eigenvalue weighted by Crippen LogP contribution is 2.21. The third-order valence-corrected chi connectivity index (χ3v) is 3.78. The Morgan fingerprint density at radius 1 is 1.58 bits per heavy atom. The summed E-state index contributed by atoms with van der Waals surface area (Å²) in [4.78, 5) is 0. The van der Waals surface area contributed by atoms with Gasteiger partial charge in [0.25, 0.3) is 0 Å². The molecule has 4 heteroatoms. The molecule has 0 aliphatic carbocycles. The molecule has 0 fully saturated rings. The predicted molar refractivity (Wildman–Crippen MR) is 60.7 cm³/mol. The topological polar surface area (TPSA) is 13.1 Å². The molecule has 1 rings (SSSR count). The van der Waals surface area contributed by atoms with Crippen LogP contribution in [0.3, 0.4) is 0 Å². The summed E-state index contributed by atoms with van der Waals surface area (Å²) >= 11 is 8.48. The monoisotopic (exact) mass is 218 g/mol. The largest absolute Gasteiger partial charge is 0.468 e. The maximum absolute atomic E-state index is 5.17. The molecular formula is C8H10OS3. The molecule has 1 nitrogen and oxygen atoms in total. The molecule has 0 aliphatic heterocycles. The SMILES string of the molecule is CCSC(=S)SCc1ccco1. The number of hydrogen-bond donors (Lipinski definition) is 0. The molecule has 0 aliphatic rings. The van der Waals surface area contributed by atoms with Crippen molar-refractivity contribution in [2.45, 2.75) is 12.7 Å². The van der Waals surface area contributed by atoms with Gasteiger partial charge in [0.15, 0.2) is 0 Å². The summed E-state index contributed by atoms with van der Waals surface area (Å²) in [5, 5.41) is 0. The van der Waals surface area contributed by atoms with E-state index in [2.05, 4.69) is 6.92 Å². The van der Waals surface area contributed by atoms with Crippen LogP contribution in [0.1, 0.15) is 12.7 Å². The molecule has 0 N–H and O–H groups in total. The first-order valence-electron chi connectivity index (χ1n) is 3.65. The summed E-state index contributed by atoms with van der Waals surface area (Å²) < 4.78 is 6.17.